The van der Waals surface area contributed by atoms with Gasteiger partial charge in [-0.1, -0.05) is 30.4 Å². The summed E-state index contributed by atoms with van der Waals surface area (Å²) in [5.41, 5.74) is 1.23. The molecule has 0 radical (unpaired) electrons. The summed E-state index contributed by atoms with van der Waals surface area (Å²) in [6, 6.07) is 10.2. The lowest BCUT2D eigenvalue weighted by atomic mass is 10.0. The molecule has 2 aromatic rings. The second-order valence-corrected chi connectivity index (χ2v) is 8.28. The van der Waals surface area contributed by atoms with E-state index in [1.54, 1.807) is 35.3 Å². The maximum absolute atomic E-state index is 12.9. The molecule has 32 heavy (non-hydrogen) atoms. The highest BCUT2D eigenvalue weighted by Gasteiger charge is 2.29. The van der Waals surface area contributed by atoms with Crippen LogP contribution in [-0.4, -0.2) is 49.6 Å². The van der Waals surface area contributed by atoms with Crippen LogP contribution in [0, 0.1) is 0 Å². The van der Waals surface area contributed by atoms with Gasteiger partial charge in [0.15, 0.2) is 11.5 Å². The monoisotopic (exact) mass is 463 g/mol. The van der Waals surface area contributed by atoms with Crippen molar-refractivity contribution in [3.8, 4) is 11.5 Å². The van der Waals surface area contributed by atoms with Gasteiger partial charge in [-0.2, -0.15) is 24.9 Å². The number of methoxy groups -OCH3 is 2. The van der Waals surface area contributed by atoms with Crippen molar-refractivity contribution in [1.29, 1.82) is 0 Å². The fraction of sp³-hybridized carbons (Fsp3) is 0.292. The molecule has 1 aliphatic rings. The van der Waals surface area contributed by atoms with Crippen LogP contribution < -0.4 is 9.47 Å². The third-order valence-corrected chi connectivity index (χ3v) is 5.95. The molecule has 0 N–H and O–H groups in total. The molecular weight excluding hydrogens is 439 g/mol. The lowest BCUT2D eigenvalue weighted by Crippen LogP contribution is -2.36. The number of alkyl halides is 3. The van der Waals surface area contributed by atoms with Gasteiger partial charge in [-0.25, -0.2) is 0 Å². The van der Waals surface area contributed by atoms with Gasteiger partial charge in [0, 0.05) is 30.7 Å². The zero-order valence-corrected chi connectivity index (χ0v) is 18.6. The van der Waals surface area contributed by atoms with Crippen LogP contribution in [0.25, 0.3) is 11.6 Å². The maximum Gasteiger partial charge on any atom is 0.416 e. The Morgan fingerprint density at radius 2 is 1.66 bits per heavy atom. The highest BCUT2D eigenvalue weighted by molar-refractivity contribution is 7.99. The Labute approximate surface area is 189 Å². The molecule has 0 saturated carbocycles. The van der Waals surface area contributed by atoms with Gasteiger partial charge in [-0.3, -0.25) is 4.79 Å². The van der Waals surface area contributed by atoms with E-state index in [1.165, 1.54) is 26.4 Å². The van der Waals surface area contributed by atoms with Crippen LogP contribution in [0.2, 0.25) is 0 Å². The number of ether oxygens (including phenoxy) is 2. The smallest absolute Gasteiger partial charge is 0.416 e. The van der Waals surface area contributed by atoms with Gasteiger partial charge >= 0.3 is 6.18 Å². The van der Waals surface area contributed by atoms with E-state index in [0.29, 0.717) is 35.7 Å². The number of thioether (sulfide) groups is 1. The third-order valence-electron chi connectivity index (χ3n) is 5.01. The van der Waals surface area contributed by atoms with Gasteiger partial charge in [-0.15, -0.1) is 0 Å². The molecule has 2 aromatic carbocycles. The minimum Gasteiger partial charge on any atom is -0.493 e. The Morgan fingerprint density at radius 3 is 2.25 bits per heavy atom. The Bertz CT molecular complexity index is 995. The van der Waals surface area contributed by atoms with Crippen LogP contribution in [0.5, 0.6) is 11.5 Å². The van der Waals surface area contributed by atoms with E-state index in [-0.39, 0.29) is 5.91 Å². The Kier molecular flexibility index (Phi) is 7.90. The van der Waals surface area contributed by atoms with Gasteiger partial charge in [0.05, 0.1) is 19.8 Å². The molecule has 0 spiro atoms. The van der Waals surface area contributed by atoms with E-state index in [2.05, 4.69) is 0 Å². The van der Waals surface area contributed by atoms with Crippen LogP contribution in [-0.2, 0) is 11.0 Å². The van der Waals surface area contributed by atoms with Crippen molar-refractivity contribution >= 4 is 29.3 Å². The normalized spacial score (nSPS) is 15.2. The predicted octanol–water partition coefficient (Wildman–Crippen LogP) is 5.39. The molecule has 8 heteroatoms. The van der Waals surface area contributed by atoms with Gasteiger partial charge in [0.2, 0.25) is 5.91 Å². The van der Waals surface area contributed by atoms with Crippen LogP contribution in [0.3, 0.4) is 0 Å². The fourth-order valence-electron chi connectivity index (χ4n) is 3.22. The zero-order chi connectivity index (χ0) is 23.1. The van der Waals surface area contributed by atoms with Crippen molar-refractivity contribution in [1.82, 2.24) is 4.90 Å². The fourth-order valence-corrected chi connectivity index (χ4v) is 4.12. The van der Waals surface area contributed by atoms with Crippen molar-refractivity contribution in [2.45, 2.75) is 6.18 Å². The van der Waals surface area contributed by atoms with E-state index in [9.17, 15) is 18.0 Å². The molecule has 0 aliphatic carbocycles. The minimum absolute atomic E-state index is 0.104. The molecular formula is C24H24F3NO3S. The van der Waals surface area contributed by atoms with Crippen molar-refractivity contribution in [3.63, 3.8) is 0 Å². The Morgan fingerprint density at radius 1 is 1.00 bits per heavy atom. The van der Waals surface area contributed by atoms with Gasteiger partial charge in [-0.05, 0) is 41.0 Å². The van der Waals surface area contributed by atoms with Crippen LogP contribution in [0.1, 0.15) is 16.7 Å². The van der Waals surface area contributed by atoms with E-state index in [4.69, 9.17) is 9.47 Å². The number of rotatable bonds is 6. The highest BCUT2D eigenvalue weighted by Crippen LogP contribution is 2.32. The summed E-state index contributed by atoms with van der Waals surface area (Å²) >= 11 is 1.81. The molecule has 1 fully saturated rings. The summed E-state index contributed by atoms with van der Waals surface area (Å²) in [5.74, 6) is 2.76. The number of benzene rings is 2. The molecule has 170 valence electrons. The molecule has 3 rings (SSSR count). The maximum atomic E-state index is 12.9. The zero-order valence-electron chi connectivity index (χ0n) is 17.8. The average Bonchev–Trinajstić information content (AvgIpc) is 2.81. The molecule has 0 aromatic heterocycles. The van der Waals surface area contributed by atoms with Crippen LogP contribution >= 0.6 is 11.8 Å². The first-order valence-corrected chi connectivity index (χ1v) is 11.1. The molecule has 0 unspecified atom stereocenters. The SMILES string of the molecule is COc1ccc(C(=C\C(=O)N2CCSCC2)/C=C/c2ccc(C(F)(F)F)cc2)cc1OC. The second-order valence-electron chi connectivity index (χ2n) is 7.06. The standard InChI is InChI=1S/C24H24F3NO3S/c1-30-21-10-7-18(15-22(21)31-2)19(16-23(29)28-11-13-32-14-12-28)6-3-17-4-8-20(9-5-17)24(25,26)27/h3-10,15-16H,11-14H2,1-2H3/b6-3+,19-16-. The first kappa shape index (κ1) is 23.8. The number of halogens is 3. The van der Waals surface area contributed by atoms with Gasteiger partial charge < -0.3 is 14.4 Å². The number of hydrogen-bond acceptors (Lipinski definition) is 4. The summed E-state index contributed by atoms with van der Waals surface area (Å²) in [5, 5.41) is 0. The molecule has 1 amide bonds. The quantitative estimate of drug-likeness (QED) is 0.425. The first-order chi connectivity index (χ1) is 15.3. The molecule has 1 aliphatic heterocycles. The summed E-state index contributed by atoms with van der Waals surface area (Å²) in [7, 11) is 3.07. The lowest BCUT2D eigenvalue weighted by Gasteiger charge is -2.25. The molecule has 0 atom stereocenters. The number of carbonyl (C=O) groups excluding carboxylic acids is 1. The van der Waals surface area contributed by atoms with E-state index >= 15 is 0 Å². The number of hydrogen-bond donors (Lipinski definition) is 0. The van der Waals surface area contributed by atoms with Crippen molar-refractivity contribution in [3.05, 3.63) is 71.3 Å². The van der Waals surface area contributed by atoms with E-state index < -0.39 is 11.7 Å². The first-order valence-electron chi connectivity index (χ1n) is 9.98. The van der Waals surface area contributed by atoms with Crippen molar-refractivity contribution < 1.29 is 27.4 Å². The van der Waals surface area contributed by atoms with Crippen molar-refractivity contribution in [2.75, 3.05) is 38.8 Å². The molecule has 4 nitrogen and oxygen atoms in total. The van der Waals surface area contributed by atoms with Crippen LogP contribution in [0.15, 0.2) is 54.6 Å². The number of nitrogens with zero attached hydrogens (tertiary/aromatic N) is 1. The average molecular weight is 464 g/mol. The Hall–Kier alpha value is -2.87. The van der Waals surface area contributed by atoms with E-state index in [1.807, 2.05) is 17.8 Å². The summed E-state index contributed by atoms with van der Waals surface area (Å²) in [6.07, 6.45) is 0.576. The molecule has 1 heterocycles. The largest absolute Gasteiger partial charge is 0.493 e. The Balaban J connectivity index is 1.94. The van der Waals surface area contributed by atoms with Crippen LogP contribution in [0.4, 0.5) is 13.2 Å². The topological polar surface area (TPSA) is 38.8 Å². The van der Waals surface area contributed by atoms with Gasteiger partial charge in [0.1, 0.15) is 0 Å². The summed E-state index contributed by atoms with van der Waals surface area (Å²) < 4.78 is 49.1. The van der Waals surface area contributed by atoms with Crippen molar-refractivity contribution in [2.24, 2.45) is 0 Å². The molecule has 0 bridgehead atoms. The van der Waals surface area contributed by atoms with Gasteiger partial charge in [0.25, 0.3) is 0 Å². The highest BCUT2D eigenvalue weighted by atomic mass is 32.2. The third kappa shape index (κ3) is 6.09. The minimum atomic E-state index is -4.38. The number of allylic oxidation sites excluding steroid dienone is 2. The summed E-state index contributed by atoms with van der Waals surface area (Å²) in [4.78, 5) is 14.6. The molecule has 1 saturated heterocycles. The van der Waals surface area contributed by atoms with E-state index in [0.717, 1.165) is 29.2 Å². The second kappa shape index (κ2) is 10.6. The number of amides is 1. The predicted molar refractivity (Wildman–Crippen MR) is 122 cm³/mol. The summed E-state index contributed by atoms with van der Waals surface area (Å²) in [6.45, 7) is 1.36. The number of carbonyl (C=O) groups is 1. The lowest BCUT2D eigenvalue weighted by molar-refractivity contribution is -0.137.